The van der Waals surface area contributed by atoms with Gasteiger partial charge in [0.2, 0.25) is 0 Å². The summed E-state index contributed by atoms with van der Waals surface area (Å²) < 4.78 is 28.7. The molecular weight excluding hydrogens is 422 g/mol. The lowest BCUT2D eigenvalue weighted by Gasteiger charge is -2.27. The second-order valence-corrected chi connectivity index (χ2v) is 9.07. The predicted molar refractivity (Wildman–Crippen MR) is 125 cm³/mol. The second kappa shape index (κ2) is 8.69. The number of phenols is 1. The van der Waals surface area contributed by atoms with Gasteiger partial charge in [-0.05, 0) is 43.3 Å². The van der Waals surface area contributed by atoms with Crippen LogP contribution in [0.15, 0.2) is 108 Å². The monoisotopic (exact) mass is 443 g/mol. The van der Waals surface area contributed by atoms with E-state index in [-0.39, 0.29) is 21.9 Å². The van der Waals surface area contributed by atoms with E-state index < -0.39 is 15.8 Å². The summed E-state index contributed by atoms with van der Waals surface area (Å²) in [6.45, 7) is 1.87. The Morgan fingerprint density at radius 2 is 1.34 bits per heavy atom. The standard InChI is InChI=1S/C26H21NO4S/c1-19-15-17-22(18-16-19)32(30,31)27(21-11-6-3-7-12-21)23-13-8-14-24(28)25(23)26(29)20-9-4-2-5-10-20/h2-18,28H,1H3. The van der Waals surface area contributed by atoms with Crippen LogP contribution in [0.3, 0.4) is 0 Å². The smallest absolute Gasteiger partial charge is 0.268 e. The number of phenolic OH excluding ortho intramolecular Hbond substituents is 1. The molecule has 0 atom stereocenters. The van der Waals surface area contributed by atoms with Crippen molar-refractivity contribution >= 4 is 27.2 Å². The van der Waals surface area contributed by atoms with Crippen LogP contribution < -0.4 is 4.31 Å². The van der Waals surface area contributed by atoms with Gasteiger partial charge in [0.15, 0.2) is 5.78 Å². The summed E-state index contributed by atoms with van der Waals surface area (Å²) in [6.07, 6.45) is 0. The molecule has 0 aromatic heterocycles. The lowest BCUT2D eigenvalue weighted by atomic mass is 10.0. The van der Waals surface area contributed by atoms with E-state index in [1.54, 1.807) is 72.8 Å². The zero-order chi connectivity index (χ0) is 22.7. The number of para-hydroxylation sites is 1. The average molecular weight is 444 g/mol. The molecule has 0 fully saturated rings. The van der Waals surface area contributed by atoms with E-state index in [4.69, 9.17) is 0 Å². The maximum absolute atomic E-state index is 13.8. The van der Waals surface area contributed by atoms with Crippen LogP contribution in [0.25, 0.3) is 0 Å². The summed E-state index contributed by atoms with van der Waals surface area (Å²) in [5.74, 6) is -0.768. The van der Waals surface area contributed by atoms with E-state index in [1.165, 1.54) is 30.3 Å². The fourth-order valence-electron chi connectivity index (χ4n) is 3.45. The van der Waals surface area contributed by atoms with Crippen LogP contribution >= 0.6 is 0 Å². The summed E-state index contributed by atoms with van der Waals surface area (Å²) in [4.78, 5) is 13.4. The lowest BCUT2D eigenvalue weighted by molar-refractivity contribution is 0.103. The molecular formula is C26H21NO4S. The second-order valence-electron chi connectivity index (χ2n) is 7.28. The highest BCUT2D eigenvalue weighted by molar-refractivity contribution is 7.93. The van der Waals surface area contributed by atoms with E-state index in [0.29, 0.717) is 11.3 Å². The van der Waals surface area contributed by atoms with Crippen LogP contribution in [0.1, 0.15) is 21.5 Å². The number of sulfonamides is 1. The van der Waals surface area contributed by atoms with Crippen molar-refractivity contribution in [3.8, 4) is 5.75 Å². The van der Waals surface area contributed by atoms with Crippen molar-refractivity contribution in [2.24, 2.45) is 0 Å². The molecule has 4 aromatic rings. The highest BCUT2D eigenvalue weighted by Crippen LogP contribution is 2.39. The van der Waals surface area contributed by atoms with Gasteiger partial charge in [0.1, 0.15) is 5.75 Å². The quantitative estimate of drug-likeness (QED) is 0.402. The normalized spacial score (nSPS) is 11.2. The van der Waals surface area contributed by atoms with Gasteiger partial charge in [-0.25, -0.2) is 12.7 Å². The van der Waals surface area contributed by atoms with Gasteiger partial charge < -0.3 is 5.11 Å². The molecule has 0 saturated heterocycles. The third kappa shape index (κ3) is 4.00. The van der Waals surface area contributed by atoms with Gasteiger partial charge >= 0.3 is 0 Å². The van der Waals surface area contributed by atoms with Crippen LogP contribution in [0.5, 0.6) is 5.75 Å². The van der Waals surface area contributed by atoms with Crippen molar-refractivity contribution in [2.45, 2.75) is 11.8 Å². The Morgan fingerprint density at radius 1 is 0.750 bits per heavy atom. The van der Waals surface area contributed by atoms with Crippen molar-refractivity contribution < 1.29 is 18.3 Å². The van der Waals surface area contributed by atoms with Gasteiger partial charge in [0.25, 0.3) is 10.0 Å². The number of ketones is 1. The Morgan fingerprint density at radius 3 is 1.97 bits per heavy atom. The SMILES string of the molecule is Cc1ccc(S(=O)(=O)N(c2ccccc2)c2cccc(O)c2C(=O)c2ccccc2)cc1. The molecule has 5 nitrogen and oxygen atoms in total. The molecule has 0 unspecified atom stereocenters. The summed E-state index contributed by atoms with van der Waals surface area (Å²) in [6, 6.07) is 27.9. The summed E-state index contributed by atoms with van der Waals surface area (Å²) >= 11 is 0. The third-order valence-electron chi connectivity index (χ3n) is 5.05. The van der Waals surface area contributed by atoms with Gasteiger partial charge in [-0.3, -0.25) is 4.79 Å². The Kier molecular flexibility index (Phi) is 5.79. The number of aromatic hydroxyl groups is 1. The van der Waals surface area contributed by atoms with Crippen molar-refractivity contribution in [1.29, 1.82) is 0 Å². The van der Waals surface area contributed by atoms with Crippen molar-refractivity contribution in [2.75, 3.05) is 4.31 Å². The zero-order valence-electron chi connectivity index (χ0n) is 17.3. The van der Waals surface area contributed by atoms with Gasteiger partial charge in [-0.1, -0.05) is 72.3 Å². The molecule has 1 N–H and O–H groups in total. The van der Waals surface area contributed by atoms with Gasteiger partial charge in [-0.15, -0.1) is 0 Å². The Balaban J connectivity index is 1.97. The first-order valence-corrected chi connectivity index (χ1v) is 11.4. The average Bonchev–Trinajstić information content (AvgIpc) is 2.80. The number of anilines is 2. The van der Waals surface area contributed by atoms with Crippen LogP contribution in [0.4, 0.5) is 11.4 Å². The number of rotatable bonds is 6. The van der Waals surface area contributed by atoms with E-state index >= 15 is 0 Å². The molecule has 4 rings (SSSR count). The molecule has 4 aromatic carbocycles. The zero-order valence-corrected chi connectivity index (χ0v) is 18.2. The largest absolute Gasteiger partial charge is 0.507 e. The minimum Gasteiger partial charge on any atom is -0.507 e. The molecule has 0 aliphatic carbocycles. The fourth-order valence-corrected chi connectivity index (χ4v) is 4.95. The highest BCUT2D eigenvalue weighted by Gasteiger charge is 2.31. The molecule has 0 radical (unpaired) electrons. The number of hydrogen-bond donors (Lipinski definition) is 1. The number of carbonyl (C=O) groups excluding carboxylic acids is 1. The van der Waals surface area contributed by atoms with Crippen LogP contribution in [0, 0.1) is 6.92 Å². The molecule has 32 heavy (non-hydrogen) atoms. The first kappa shape index (κ1) is 21.3. The summed E-state index contributed by atoms with van der Waals surface area (Å²) in [5.41, 5.74) is 1.60. The molecule has 0 heterocycles. The summed E-state index contributed by atoms with van der Waals surface area (Å²) in [5, 5.41) is 10.6. The highest BCUT2D eigenvalue weighted by atomic mass is 32.2. The van der Waals surface area contributed by atoms with Gasteiger partial charge in [0.05, 0.1) is 21.8 Å². The molecule has 0 saturated carbocycles. The molecule has 0 amide bonds. The lowest BCUT2D eigenvalue weighted by Crippen LogP contribution is -2.28. The topological polar surface area (TPSA) is 74.7 Å². The number of hydrogen-bond acceptors (Lipinski definition) is 4. The fraction of sp³-hybridized carbons (Fsp3) is 0.0385. The van der Waals surface area contributed by atoms with E-state index in [2.05, 4.69) is 0 Å². The Hall–Kier alpha value is -3.90. The minimum absolute atomic E-state index is 0.0747. The van der Waals surface area contributed by atoms with Gasteiger partial charge in [0, 0.05) is 5.56 Å². The number of aryl methyl sites for hydroxylation is 1. The van der Waals surface area contributed by atoms with Crippen molar-refractivity contribution in [3.63, 3.8) is 0 Å². The number of benzene rings is 4. The molecule has 0 aliphatic heterocycles. The minimum atomic E-state index is -4.11. The van der Waals surface area contributed by atoms with E-state index in [0.717, 1.165) is 9.87 Å². The number of nitrogens with zero attached hydrogens (tertiary/aromatic N) is 1. The molecule has 160 valence electrons. The predicted octanol–water partition coefficient (Wildman–Crippen LogP) is 5.46. The molecule has 6 heteroatoms. The van der Waals surface area contributed by atoms with Gasteiger partial charge in [-0.2, -0.15) is 0 Å². The summed E-state index contributed by atoms with van der Waals surface area (Å²) in [7, 11) is -4.11. The third-order valence-corrected chi connectivity index (χ3v) is 6.81. The Bertz CT molecular complexity index is 1350. The van der Waals surface area contributed by atoms with Crippen LogP contribution in [0.2, 0.25) is 0 Å². The van der Waals surface area contributed by atoms with Crippen molar-refractivity contribution in [1.82, 2.24) is 0 Å². The van der Waals surface area contributed by atoms with Crippen LogP contribution in [-0.2, 0) is 10.0 Å². The van der Waals surface area contributed by atoms with E-state index in [9.17, 15) is 18.3 Å². The maximum atomic E-state index is 13.8. The first-order chi connectivity index (χ1) is 15.4. The molecule has 0 bridgehead atoms. The first-order valence-electron chi connectivity index (χ1n) is 9.98. The maximum Gasteiger partial charge on any atom is 0.268 e. The molecule has 0 spiro atoms. The van der Waals surface area contributed by atoms with Crippen molar-refractivity contribution in [3.05, 3.63) is 120 Å². The van der Waals surface area contributed by atoms with E-state index in [1.807, 2.05) is 6.92 Å². The van der Waals surface area contributed by atoms with Crippen LogP contribution in [-0.4, -0.2) is 19.3 Å². The Labute approximate surface area is 187 Å². The molecule has 0 aliphatic rings. The number of carbonyl (C=O) groups is 1.